The number of methoxy groups -OCH3 is 1. The van der Waals surface area contributed by atoms with Crippen molar-refractivity contribution in [3.8, 4) is 5.75 Å². The highest BCUT2D eigenvalue weighted by Gasteiger charge is 2.27. The minimum Gasteiger partial charge on any atom is -0.497 e. The molecule has 0 radical (unpaired) electrons. The van der Waals surface area contributed by atoms with Crippen LogP contribution in [-0.2, 0) is 21.4 Å². The third-order valence-corrected chi connectivity index (χ3v) is 7.14. The highest BCUT2D eigenvalue weighted by Crippen LogP contribution is 2.24. The number of carbonyl (C=O) groups is 1. The SMILES string of the molecule is COc1ccc(NC(=O)CCn2cnc3cc(S(=O)(=O)N4CCCC4)ccc32)cc1. The Balaban J connectivity index is 1.42. The van der Waals surface area contributed by atoms with Crippen molar-refractivity contribution in [2.45, 2.75) is 30.7 Å². The van der Waals surface area contributed by atoms with Crippen molar-refractivity contribution in [2.24, 2.45) is 0 Å². The fourth-order valence-corrected chi connectivity index (χ4v) is 5.12. The van der Waals surface area contributed by atoms with Gasteiger partial charge in [0.15, 0.2) is 0 Å². The van der Waals surface area contributed by atoms with Crippen LogP contribution in [0.2, 0.25) is 0 Å². The van der Waals surface area contributed by atoms with Gasteiger partial charge in [-0.05, 0) is 55.3 Å². The summed E-state index contributed by atoms with van der Waals surface area (Å²) in [7, 11) is -1.88. The molecule has 4 rings (SSSR count). The van der Waals surface area contributed by atoms with Gasteiger partial charge in [-0.25, -0.2) is 13.4 Å². The van der Waals surface area contributed by atoms with Gasteiger partial charge in [-0.3, -0.25) is 4.79 Å². The molecule has 0 spiro atoms. The number of benzene rings is 2. The third-order valence-electron chi connectivity index (χ3n) is 5.25. The second-order valence-corrected chi connectivity index (χ2v) is 9.16. The minimum absolute atomic E-state index is 0.116. The second kappa shape index (κ2) is 8.45. The van der Waals surface area contributed by atoms with Crippen LogP contribution in [0.25, 0.3) is 11.0 Å². The monoisotopic (exact) mass is 428 g/mol. The fraction of sp³-hybridized carbons (Fsp3) is 0.333. The maximum Gasteiger partial charge on any atom is 0.243 e. The van der Waals surface area contributed by atoms with Crippen molar-refractivity contribution in [1.29, 1.82) is 0 Å². The molecule has 0 aliphatic carbocycles. The number of hydrogen-bond donors (Lipinski definition) is 1. The first-order chi connectivity index (χ1) is 14.5. The first-order valence-electron chi connectivity index (χ1n) is 9.86. The Morgan fingerprint density at radius 3 is 2.57 bits per heavy atom. The molecule has 0 atom stereocenters. The molecule has 0 unspecified atom stereocenters. The average Bonchev–Trinajstić information content (AvgIpc) is 3.43. The van der Waals surface area contributed by atoms with Gasteiger partial charge in [-0.1, -0.05) is 0 Å². The van der Waals surface area contributed by atoms with Crippen LogP contribution >= 0.6 is 0 Å². The van der Waals surface area contributed by atoms with E-state index >= 15 is 0 Å². The smallest absolute Gasteiger partial charge is 0.243 e. The number of sulfonamides is 1. The average molecular weight is 429 g/mol. The van der Waals surface area contributed by atoms with Crippen molar-refractivity contribution in [2.75, 3.05) is 25.5 Å². The molecule has 30 heavy (non-hydrogen) atoms. The lowest BCUT2D eigenvalue weighted by Crippen LogP contribution is -2.27. The van der Waals surface area contributed by atoms with Gasteiger partial charge in [0.05, 0.1) is 29.4 Å². The van der Waals surface area contributed by atoms with Crippen LogP contribution in [0, 0.1) is 0 Å². The molecule has 1 N–H and O–H groups in total. The standard InChI is InChI=1S/C21H24N4O4S/c1-29-17-6-4-16(5-7-17)23-21(26)10-13-24-15-22-19-14-18(8-9-20(19)24)30(27,28)25-11-2-3-12-25/h4-9,14-15H,2-3,10-13H2,1H3,(H,23,26). The molecule has 9 heteroatoms. The molecule has 1 aliphatic heterocycles. The summed E-state index contributed by atoms with van der Waals surface area (Å²) in [6, 6.07) is 12.1. The molecular formula is C21H24N4O4S. The van der Waals surface area contributed by atoms with E-state index in [1.807, 2.05) is 4.57 Å². The Labute approximate surface area is 175 Å². The summed E-state index contributed by atoms with van der Waals surface area (Å²) >= 11 is 0. The Bertz CT molecular complexity index is 1150. The maximum atomic E-state index is 12.7. The Morgan fingerprint density at radius 1 is 1.13 bits per heavy atom. The summed E-state index contributed by atoms with van der Waals surface area (Å²) in [6.45, 7) is 1.58. The Hall–Kier alpha value is -2.91. The zero-order valence-corrected chi connectivity index (χ0v) is 17.6. The summed E-state index contributed by atoms with van der Waals surface area (Å²) in [6.07, 6.45) is 3.70. The molecule has 8 nitrogen and oxygen atoms in total. The number of fused-ring (bicyclic) bond motifs is 1. The normalized spacial score (nSPS) is 14.8. The molecule has 158 valence electrons. The van der Waals surface area contributed by atoms with Gasteiger partial charge < -0.3 is 14.6 Å². The van der Waals surface area contributed by atoms with E-state index in [1.54, 1.807) is 55.9 Å². The van der Waals surface area contributed by atoms with E-state index in [4.69, 9.17) is 4.74 Å². The zero-order chi connectivity index (χ0) is 21.1. The molecule has 1 aliphatic rings. The minimum atomic E-state index is -3.48. The van der Waals surface area contributed by atoms with Gasteiger partial charge >= 0.3 is 0 Å². The predicted molar refractivity (Wildman–Crippen MR) is 114 cm³/mol. The van der Waals surface area contributed by atoms with Gasteiger partial charge in [0.25, 0.3) is 0 Å². The number of imidazole rings is 1. The molecule has 3 aromatic rings. The van der Waals surface area contributed by atoms with E-state index in [1.165, 1.54) is 4.31 Å². The van der Waals surface area contributed by atoms with Crippen LogP contribution in [0.5, 0.6) is 5.75 Å². The molecule has 1 saturated heterocycles. The molecule has 0 bridgehead atoms. The number of carbonyl (C=O) groups excluding carboxylic acids is 1. The van der Waals surface area contributed by atoms with Crippen molar-refractivity contribution in [1.82, 2.24) is 13.9 Å². The molecule has 2 aromatic carbocycles. The number of hydrogen-bond acceptors (Lipinski definition) is 5. The highest BCUT2D eigenvalue weighted by molar-refractivity contribution is 7.89. The number of aryl methyl sites for hydroxylation is 1. The van der Waals surface area contributed by atoms with E-state index in [-0.39, 0.29) is 17.2 Å². The molecule has 1 amide bonds. The predicted octanol–water partition coefficient (Wildman–Crippen LogP) is 2.86. The van der Waals surface area contributed by atoms with Crippen LogP contribution in [-0.4, -0.2) is 48.4 Å². The summed E-state index contributed by atoms with van der Waals surface area (Å²) in [5.41, 5.74) is 2.10. The van der Waals surface area contributed by atoms with Gasteiger partial charge in [0.2, 0.25) is 15.9 Å². The van der Waals surface area contributed by atoms with Crippen molar-refractivity contribution >= 4 is 32.7 Å². The molecule has 1 fully saturated rings. The summed E-state index contributed by atoms with van der Waals surface area (Å²) in [5.74, 6) is 0.610. The highest BCUT2D eigenvalue weighted by atomic mass is 32.2. The maximum absolute atomic E-state index is 12.7. The lowest BCUT2D eigenvalue weighted by molar-refractivity contribution is -0.116. The summed E-state index contributed by atoms with van der Waals surface area (Å²) in [4.78, 5) is 16.9. The van der Waals surface area contributed by atoms with E-state index in [9.17, 15) is 13.2 Å². The van der Waals surface area contributed by atoms with Crippen LogP contribution in [0.1, 0.15) is 19.3 Å². The molecular weight excluding hydrogens is 404 g/mol. The van der Waals surface area contributed by atoms with E-state index < -0.39 is 10.0 Å². The number of nitrogens with one attached hydrogen (secondary N) is 1. The van der Waals surface area contributed by atoms with Crippen LogP contribution in [0.3, 0.4) is 0 Å². The number of rotatable bonds is 7. The van der Waals surface area contributed by atoms with Crippen LogP contribution < -0.4 is 10.1 Å². The fourth-order valence-electron chi connectivity index (χ4n) is 3.58. The van der Waals surface area contributed by atoms with Gasteiger partial charge in [0, 0.05) is 31.7 Å². The number of nitrogens with zero attached hydrogens (tertiary/aromatic N) is 3. The summed E-state index contributed by atoms with van der Waals surface area (Å²) < 4.78 is 34.0. The van der Waals surface area contributed by atoms with Crippen LogP contribution in [0.15, 0.2) is 53.7 Å². The van der Waals surface area contributed by atoms with Gasteiger partial charge in [0.1, 0.15) is 5.75 Å². The van der Waals surface area contributed by atoms with Gasteiger partial charge in [-0.2, -0.15) is 4.31 Å². The van der Waals surface area contributed by atoms with Crippen molar-refractivity contribution < 1.29 is 17.9 Å². The van der Waals surface area contributed by atoms with Crippen molar-refractivity contribution in [3.63, 3.8) is 0 Å². The molecule has 1 aromatic heterocycles. The lowest BCUT2D eigenvalue weighted by atomic mass is 10.3. The van der Waals surface area contributed by atoms with Crippen molar-refractivity contribution in [3.05, 3.63) is 48.8 Å². The summed E-state index contributed by atoms with van der Waals surface area (Å²) in [5, 5.41) is 2.85. The first kappa shape index (κ1) is 20.4. The zero-order valence-electron chi connectivity index (χ0n) is 16.7. The van der Waals surface area contributed by atoms with E-state index in [2.05, 4.69) is 10.3 Å². The first-order valence-corrected chi connectivity index (χ1v) is 11.3. The largest absolute Gasteiger partial charge is 0.497 e. The second-order valence-electron chi connectivity index (χ2n) is 7.23. The third kappa shape index (κ3) is 4.17. The number of ether oxygens (including phenoxy) is 1. The lowest BCUT2D eigenvalue weighted by Gasteiger charge is -2.15. The quantitative estimate of drug-likeness (QED) is 0.625. The van der Waals surface area contributed by atoms with E-state index in [0.29, 0.717) is 30.8 Å². The Kier molecular flexibility index (Phi) is 5.74. The van der Waals surface area contributed by atoms with Gasteiger partial charge in [-0.15, -0.1) is 0 Å². The Morgan fingerprint density at radius 2 is 1.87 bits per heavy atom. The van der Waals surface area contributed by atoms with Crippen LogP contribution in [0.4, 0.5) is 5.69 Å². The number of amides is 1. The molecule has 2 heterocycles. The number of aromatic nitrogens is 2. The van der Waals surface area contributed by atoms with E-state index in [0.717, 1.165) is 24.1 Å². The number of anilines is 1. The molecule has 0 saturated carbocycles. The topological polar surface area (TPSA) is 93.5 Å².